The van der Waals surface area contributed by atoms with Crippen LogP contribution in [0.4, 0.5) is 0 Å². The summed E-state index contributed by atoms with van der Waals surface area (Å²) in [5.41, 5.74) is 6.22. The second-order valence-electron chi connectivity index (χ2n) is 8.66. The van der Waals surface area contributed by atoms with Crippen molar-refractivity contribution in [3.8, 4) is 0 Å². The Morgan fingerprint density at radius 2 is 1.16 bits per heavy atom. The van der Waals surface area contributed by atoms with Crippen LogP contribution in [-0.2, 0) is 4.12 Å². The minimum absolute atomic E-state index is 0.621. The van der Waals surface area contributed by atoms with Crippen LogP contribution in [0.3, 0.4) is 0 Å². The lowest BCUT2D eigenvalue weighted by Gasteiger charge is -2.41. The molecule has 0 aliphatic rings. The van der Waals surface area contributed by atoms with Crippen LogP contribution in [-0.4, -0.2) is 16.6 Å². The van der Waals surface area contributed by atoms with Gasteiger partial charge >= 0.3 is 0 Å². The lowest BCUT2D eigenvalue weighted by molar-refractivity contribution is 0.517. The molecule has 0 N–H and O–H groups in total. The normalized spacial score (nSPS) is 13.8. The molecule has 0 aromatic carbocycles. The van der Waals surface area contributed by atoms with E-state index in [1.54, 1.807) is 0 Å². The van der Waals surface area contributed by atoms with Crippen LogP contribution in [0, 0.1) is 0 Å². The summed E-state index contributed by atoms with van der Waals surface area (Å²) in [5.74, 6) is 0. The molecule has 0 amide bonds. The van der Waals surface area contributed by atoms with E-state index in [2.05, 4.69) is 78.2 Å². The van der Waals surface area contributed by atoms with E-state index >= 15 is 0 Å². The minimum Gasteiger partial charge on any atom is -0.449 e. The zero-order chi connectivity index (χ0) is 19.3. The maximum atomic E-state index is 7.07. The molecule has 1 nitrogen and oxygen atoms in total. The van der Waals surface area contributed by atoms with E-state index in [4.69, 9.17) is 4.12 Å². The van der Waals surface area contributed by atoms with Gasteiger partial charge in [-0.1, -0.05) is 90.8 Å². The number of hydrogen-bond donors (Lipinski definition) is 0. The lowest BCUT2D eigenvalue weighted by Crippen LogP contribution is -2.51. The van der Waals surface area contributed by atoms with Crippen molar-refractivity contribution < 1.29 is 4.12 Å². The molecular formula is C22H46OSi2. The first-order valence-electron chi connectivity index (χ1n) is 10.8. The van der Waals surface area contributed by atoms with Gasteiger partial charge in [-0.3, -0.25) is 0 Å². The average molecular weight is 383 g/mol. The fourth-order valence-corrected chi connectivity index (χ4v) is 12.9. The monoisotopic (exact) mass is 382 g/mol. The second-order valence-corrected chi connectivity index (χ2v) is 17.4. The molecule has 0 radical (unpaired) electrons. The Balaban J connectivity index is 5.08. The molecule has 0 saturated heterocycles. The van der Waals surface area contributed by atoms with Crippen LogP contribution in [0.25, 0.3) is 0 Å². The Hall–Kier alpha value is -0.126. The molecule has 0 bridgehead atoms. The summed E-state index contributed by atoms with van der Waals surface area (Å²) in [4.78, 5) is 0. The highest BCUT2D eigenvalue weighted by Gasteiger charge is 2.43. The first-order chi connectivity index (χ1) is 11.7. The van der Waals surface area contributed by atoms with Crippen LogP contribution in [0.1, 0.15) is 92.9 Å². The molecule has 25 heavy (non-hydrogen) atoms. The summed E-state index contributed by atoms with van der Waals surface area (Å²) < 4.78 is 7.07. The van der Waals surface area contributed by atoms with Crippen LogP contribution in [0.2, 0.25) is 24.2 Å². The predicted molar refractivity (Wildman–Crippen MR) is 121 cm³/mol. The molecule has 148 valence electrons. The van der Waals surface area contributed by atoms with E-state index in [9.17, 15) is 0 Å². The summed E-state index contributed by atoms with van der Waals surface area (Å²) >= 11 is 0. The number of allylic oxidation sites excluding steroid dienone is 2. The molecule has 0 aromatic rings. The van der Waals surface area contributed by atoms with Gasteiger partial charge in [0.15, 0.2) is 8.32 Å². The number of unbranched alkanes of at least 4 members (excludes halogenated alkanes) is 6. The van der Waals surface area contributed by atoms with Crippen LogP contribution < -0.4 is 0 Å². The molecule has 0 atom stereocenters. The highest BCUT2D eigenvalue weighted by molar-refractivity contribution is 6.92. The topological polar surface area (TPSA) is 9.23 Å². The van der Waals surface area contributed by atoms with Gasteiger partial charge in [-0.15, -0.1) is 0 Å². The summed E-state index contributed by atoms with van der Waals surface area (Å²) in [6, 6.07) is 0. The Kier molecular flexibility index (Phi) is 13.0. The highest BCUT2D eigenvalue weighted by atomic mass is 28.4. The minimum atomic E-state index is -1.89. The molecule has 0 aromatic heterocycles. The van der Waals surface area contributed by atoms with Crippen LogP contribution >= 0.6 is 0 Å². The summed E-state index contributed by atoms with van der Waals surface area (Å²) in [6.45, 7) is 18.8. The lowest BCUT2D eigenvalue weighted by atomic mass is 10.2. The maximum Gasteiger partial charge on any atom is 0.210 e. The Morgan fingerprint density at radius 3 is 1.56 bits per heavy atom. The van der Waals surface area contributed by atoms with Gasteiger partial charge in [-0.05, 0) is 49.9 Å². The first kappa shape index (κ1) is 24.9. The van der Waals surface area contributed by atoms with E-state index < -0.39 is 16.6 Å². The van der Waals surface area contributed by atoms with Gasteiger partial charge in [0.05, 0.1) is 0 Å². The van der Waals surface area contributed by atoms with Gasteiger partial charge in [-0.2, -0.15) is 0 Å². The molecule has 0 unspecified atom stereocenters. The average Bonchev–Trinajstić information content (AvgIpc) is 2.52. The molecule has 0 saturated carbocycles. The predicted octanol–water partition coefficient (Wildman–Crippen LogP) is 8.33. The number of hydrogen-bond acceptors (Lipinski definition) is 1. The van der Waals surface area contributed by atoms with Gasteiger partial charge in [0, 0.05) is 0 Å². The van der Waals surface area contributed by atoms with Gasteiger partial charge in [0.25, 0.3) is 0 Å². The fraction of sp³-hybridized carbons (Fsp3) is 0.818. The molecular weight excluding hydrogens is 336 g/mol. The van der Waals surface area contributed by atoms with E-state index in [-0.39, 0.29) is 0 Å². The largest absolute Gasteiger partial charge is 0.449 e. The molecule has 0 fully saturated rings. The van der Waals surface area contributed by atoms with Crippen molar-refractivity contribution in [1.29, 1.82) is 0 Å². The van der Waals surface area contributed by atoms with Crippen molar-refractivity contribution >= 4 is 16.6 Å². The Labute approximate surface area is 161 Å². The van der Waals surface area contributed by atoms with E-state index in [1.807, 2.05) is 0 Å². The zero-order valence-electron chi connectivity index (χ0n) is 18.5. The molecule has 0 spiro atoms. The van der Waals surface area contributed by atoms with E-state index in [0.29, 0.717) is 11.1 Å². The smallest absolute Gasteiger partial charge is 0.210 e. The SMILES string of the molecule is CCCCC/C=C/[Si](C)(C)O[Si](/C=C/CCCCC)(C(C)C)C(C)C. The third-order valence-electron chi connectivity index (χ3n) is 5.09. The van der Waals surface area contributed by atoms with E-state index in [0.717, 1.165) is 0 Å². The summed E-state index contributed by atoms with van der Waals surface area (Å²) in [5, 5.41) is 0. The van der Waals surface area contributed by atoms with Crippen molar-refractivity contribution in [3.63, 3.8) is 0 Å². The Bertz CT molecular complexity index is 375. The van der Waals surface area contributed by atoms with Gasteiger partial charge in [0.2, 0.25) is 8.32 Å². The maximum absolute atomic E-state index is 7.07. The first-order valence-corrected chi connectivity index (χ1v) is 15.9. The Morgan fingerprint density at radius 1 is 0.720 bits per heavy atom. The third kappa shape index (κ3) is 9.95. The molecule has 0 heterocycles. The molecule has 0 aliphatic carbocycles. The van der Waals surface area contributed by atoms with Gasteiger partial charge < -0.3 is 4.12 Å². The van der Waals surface area contributed by atoms with Crippen molar-refractivity contribution in [2.75, 3.05) is 0 Å². The quantitative estimate of drug-likeness (QED) is 0.217. The summed E-state index contributed by atoms with van der Waals surface area (Å²) in [7, 11) is -3.66. The molecule has 0 aliphatic heterocycles. The van der Waals surface area contributed by atoms with Gasteiger partial charge in [-0.25, -0.2) is 0 Å². The van der Waals surface area contributed by atoms with Gasteiger partial charge in [0.1, 0.15) is 0 Å². The molecule has 3 heteroatoms. The summed E-state index contributed by atoms with van der Waals surface area (Å²) in [6.07, 6.45) is 15.1. The third-order valence-corrected chi connectivity index (χ3v) is 14.0. The van der Waals surface area contributed by atoms with Crippen LogP contribution in [0.15, 0.2) is 23.6 Å². The van der Waals surface area contributed by atoms with Crippen molar-refractivity contribution in [2.24, 2.45) is 0 Å². The standard InChI is InChI=1S/C22H46OSi2/c1-9-11-13-15-17-19-24(7,8)23-25(21(3)4,22(5)6)20-18-16-14-12-10-2/h17-22H,9-16H2,1-8H3/b19-17+,20-18+. The number of rotatable bonds is 14. The zero-order valence-corrected chi connectivity index (χ0v) is 20.5. The van der Waals surface area contributed by atoms with E-state index in [1.165, 1.54) is 51.4 Å². The van der Waals surface area contributed by atoms with Crippen molar-refractivity contribution in [3.05, 3.63) is 23.6 Å². The van der Waals surface area contributed by atoms with Crippen molar-refractivity contribution in [2.45, 2.75) is 117 Å². The fourth-order valence-electron chi connectivity index (χ4n) is 3.47. The molecule has 0 rings (SSSR count). The van der Waals surface area contributed by atoms with Crippen LogP contribution in [0.5, 0.6) is 0 Å². The van der Waals surface area contributed by atoms with Crippen molar-refractivity contribution in [1.82, 2.24) is 0 Å². The second kappa shape index (κ2) is 13.1. The highest BCUT2D eigenvalue weighted by Crippen LogP contribution is 2.37.